The van der Waals surface area contributed by atoms with E-state index < -0.39 is 27.8 Å². The highest BCUT2D eigenvalue weighted by atomic mass is 32.2. The van der Waals surface area contributed by atoms with Crippen molar-refractivity contribution in [1.82, 2.24) is 14.2 Å². The van der Waals surface area contributed by atoms with E-state index >= 15 is 0 Å². The summed E-state index contributed by atoms with van der Waals surface area (Å²) in [4.78, 5) is 17.8. The molecule has 1 aliphatic heterocycles. The summed E-state index contributed by atoms with van der Waals surface area (Å²) < 4.78 is 65.1. The quantitative estimate of drug-likeness (QED) is 0.752. The number of carbonyl (C=O) groups excluding carboxylic acids is 1. The molecular formula is C19H20F3N3O3S. The Morgan fingerprint density at radius 3 is 2.28 bits per heavy atom. The van der Waals surface area contributed by atoms with Crippen LogP contribution in [0.1, 0.15) is 18.1 Å². The number of amides is 1. The predicted octanol–water partition coefficient (Wildman–Crippen LogP) is 2.56. The van der Waals surface area contributed by atoms with E-state index in [2.05, 4.69) is 4.98 Å². The van der Waals surface area contributed by atoms with Crippen molar-refractivity contribution < 1.29 is 26.4 Å². The zero-order valence-electron chi connectivity index (χ0n) is 15.6. The van der Waals surface area contributed by atoms with Crippen molar-refractivity contribution in [1.29, 1.82) is 0 Å². The van der Waals surface area contributed by atoms with Gasteiger partial charge >= 0.3 is 6.18 Å². The number of nitrogens with zero attached hydrogens (tertiary/aromatic N) is 3. The van der Waals surface area contributed by atoms with Crippen molar-refractivity contribution in [3.8, 4) is 0 Å². The maximum absolute atomic E-state index is 12.9. The second-order valence-corrected chi connectivity index (χ2v) is 8.75. The molecule has 10 heteroatoms. The van der Waals surface area contributed by atoms with Crippen LogP contribution in [0.4, 0.5) is 13.2 Å². The van der Waals surface area contributed by atoms with Crippen LogP contribution in [0, 0.1) is 0 Å². The predicted molar refractivity (Wildman–Crippen MR) is 99.3 cm³/mol. The number of aromatic nitrogens is 1. The number of carbonyl (C=O) groups is 1. The zero-order valence-corrected chi connectivity index (χ0v) is 16.4. The van der Waals surface area contributed by atoms with Gasteiger partial charge in [-0.3, -0.25) is 9.78 Å². The second kappa shape index (κ2) is 8.11. The Hall–Kier alpha value is -2.46. The van der Waals surface area contributed by atoms with E-state index in [0.717, 1.165) is 29.8 Å². The maximum atomic E-state index is 12.9. The molecule has 1 atom stereocenters. The van der Waals surface area contributed by atoms with Crippen LogP contribution in [0.3, 0.4) is 0 Å². The van der Waals surface area contributed by atoms with Gasteiger partial charge < -0.3 is 4.90 Å². The molecule has 1 amide bonds. The van der Waals surface area contributed by atoms with Crippen molar-refractivity contribution >= 4 is 15.9 Å². The van der Waals surface area contributed by atoms with Crippen molar-refractivity contribution in [2.24, 2.45) is 0 Å². The van der Waals surface area contributed by atoms with E-state index in [-0.39, 0.29) is 36.9 Å². The van der Waals surface area contributed by atoms with Gasteiger partial charge in [0.05, 0.1) is 16.9 Å². The van der Waals surface area contributed by atoms with Crippen LogP contribution in [-0.4, -0.2) is 54.2 Å². The Bertz CT molecular complexity index is 964. The number of pyridine rings is 1. The number of hydrogen-bond acceptors (Lipinski definition) is 4. The molecule has 1 fully saturated rings. The number of alkyl halides is 3. The van der Waals surface area contributed by atoms with E-state index in [1.165, 1.54) is 4.31 Å². The molecular weight excluding hydrogens is 407 g/mol. The number of sulfonamides is 1. The van der Waals surface area contributed by atoms with Crippen LogP contribution in [0.15, 0.2) is 53.7 Å². The highest BCUT2D eigenvalue weighted by Gasteiger charge is 2.36. The van der Waals surface area contributed by atoms with Crippen molar-refractivity contribution in [2.75, 3.05) is 19.6 Å². The summed E-state index contributed by atoms with van der Waals surface area (Å²) in [5.41, 5.74) is -0.0894. The monoisotopic (exact) mass is 427 g/mol. The molecule has 3 rings (SSSR count). The SMILES string of the molecule is CC1CN(C(=O)Cc2ccncc2)CCN1S(=O)(=O)c1ccc(C(F)(F)F)cc1. The maximum Gasteiger partial charge on any atom is 0.416 e. The third kappa shape index (κ3) is 4.76. The number of piperazine rings is 1. The summed E-state index contributed by atoms with van der Waals surface area (Å²) in [6.45, 7) is 2.18. The van der Waals surface area contributed by atoms with Gasteiger partial charge in [-0.2, -0.15) is 17.5 Å². The van der Waals surface area contributed by atoms with Gasteiger partial charge in [0.1, 0.15) is 0 Å². The van der Waals surface area contributed by atoms with Crippen LogP contribution in [0.25, 0.3) is 0 Å². The average molecular weight is 427 g/mol. The first-order valence-corrected chi connectivity index (χ1v) is 10.4. The molecule has 2 heterocycles. The lowest BCUT2D eigenvalue weighted by Crippen LogP contribution is -2.55. The van der Waals surface area contributed by atoms with Crippen LogP contribution in [-0.2, 0) is 27.4 Å². The number of rotatable bonds is 4. The highest BCUT2D eigenvalue weighted by Crippen LogP contribution is 2.30. The smallest absolute Gasteiger partial charge is 0.339 e. The lowest BCUT2D eigenvalue weighted by atomic mass is 10.1. The standard InChI is InChI=1S/C19H20F3N3O3S/c1-14-13-24(18(26)12-15-6-8-23-9-7-15)10-11-25(14)29(27,28)17-4-2-16(3-5-17)19(20,21)22/h2-9,14H,10-13H2,1H3. The third-order valence-electron chi connectivity index (χ3n) is 4.81. The lowest BCUT2D eigenvalue weighted by Gasteiger charge is -2.39. The van der Waals surface area contributed by atoms with Gasteiger partial charge in [-0.15, -0.1) is 0 Å². The topological polar surface area (TPSA) is 70.6 Å². The molecule has 0 aliphatic carbocycles. The number of halogens is 3. The van der Waals surface area contributed by atoms with Gasteiger partial charge in [-0.25, -0.2) is 8.42 Å². The summed E-state index contributed by atoms with van der Waals surface area (Å²) in [5, 5.41) is 0. The van der Waals surface area contributed by atoms with Gasteiger partial charge in [-0.1, -0.05) is 0 Å². The molecule has 1 aromatic heterocycles. The minimum atomic E-state index is -4.53. The first-order valence-electron chi connectivity index (χ1n) is 8.95. The van der Waals surface area contributed by atoms with E-state index in [9.17, 15) is 26.4 Å². The molecule has 6 nitrogen and oxygen atoms in total. The van der Waals surface area contributed by atoms with Crippen LogP contribution < -0.4 is 0 Å². The first kappa shape index (κ1) is 21.3. The fourth-order valence-electron chi connectivity index (χ4n) is 3.26. The molecule has 29 heavy (non-hydrogen) atoms. The zero-order chi connectivity index (χ0) is 21.2. The van der Waals surface area contributed by atoms with Gasteiger partial charge in [0.2, 0.25) is 15.9 Å². The Morgan fingerprint density at radius 1 is 1.10 bits per heavy atom. The Labute approximate surface area is 167 Å². The summed E-state index contributed by atoms with van der Waals surface area (Å²) in [6.07, 6.45) is -1.14. The van der Waals surface area contributed by atoms with Crippen LogP contribution >= 0.6 is 0 Å². The molecule has 0 radical (unpaired) electrons. The second-order valence-electron chi connectivity index (χ2n) is 6.86. The number of hydrogen-bond donors (Lipinski definition) is 0. The third-order valence-corrected chi connectivity index (χ3v) is 6.84. The highest BCUT2D eigenvalue weighted by molar-refractivity contribution is 7.89. The van der Waals surface area contributed by atoms with Gasteiger partial charge in [0, 0.05) is 38.1 Å². The van der Waals surface area contributed by atoms with Crippen molar-refractivity contribution in [3.63, 3.8) is 0 Å². The molecule has 0 bridgehead atoms. The molecule has 0 N–H and O–H groups in total. The average Bonchev–Trinajstić information content (AvgIpc) is 2.68. The molecule has 1 aromatic carbocycles. The van der Waals surface area contributed by atoms with Crippen LogP contribution in [0.5, 0.6) is 0 Å². The minimum Gasteiger partial charge on any atom is -0.339 e. The molecule has 2 aromatic rings. The first-order chi connectivity index (χ1) is 13.6. The van der Waals surface area contributed by atoms with Gasteiger partial charge in [-0.05, 0) is 48.9 Å². The Morgan fingerprint density at radius 2 is 1.72 bits per heavy atom. The molecule has 1 unspecified atom stereocenters. The van der Waals surface area contributed by atoms with E-state index in [4.69, 9.17) is 0 Å². The summed E-state index contributed by atoms with van der Waals surface area (Å²) in [6, 6.07) is 6.42. The van der Waals surface area contributed by atoms with Gasteiger partial charge in [0.15, 0.2) is 0 Å². The fourth-order valence-corrected chi connectivity index (χ4v) is 4.88. The molecule has 1 aliphatic rings. The summed E-state index contributed by atoms with van der Waals surface area (Å²) in [7, 11) is -3.96. The summed E-state index contributed by atoms with van der Waals surface area (Å²) in [5.74, 6) is -0.116. The fraction of sp³-hybridized carbons (Fsp3) is 0.368. The molecule has 0 saturated carbocycles. The Kier molecular flexibility index (Phi) is 5.95. The largest absolute Gasteiger partial charge is 0.416 e. The van der Waals surface area contributed by atoms with E-state index in [0.29, 0.717) is 0 Å². The Balaban J connectivity index is 1.69. The van der Waals surface area contributed by atoms with E-state index in [1.807, 2.05) is 0 Å². The van der Waals surface area contributed by atoms with Crippen molar-refractivity contribution in [2.45, 2.75) is 30.5 Å². The summed E-state index contributed by atoms with van der Waals surface area (Å²) >= 11 is 0. The van der Waals surface area contributed by atoms with Gasteiger partial charge in [0.25, 0.3) is 0 Å². The molecule has 156 valence electrons. The molecule has 1 saturated heterocycles. The number of benzene rings is 1. The minimum absolute atomic E-state index is 0.0760. The van der Waals surface area contributed by atoms with E-state index in [1.54, 1.807) is 36.4 Å². The van der Waals surface area contributed by atoms with Crippen LogP contribution in [0.2, 0.25) is 0 Å². The van der Waals surface area contributed by atoms with Crippen molar-refractivity contribution in [3.05, 3.63) is 59.9 Å². The lowest BCUT2D eigenvalue weighted by molar-refractivity contribution is -0.137. The normalized spacial score (nSPS) is 18.6. The molecule has 0 spiro atoms.